The topological polar surface area (TPSA) is 12.0 Å². The SMILES string of the molecule is CCCSCc1ccc(NCCc2cccs2)cc1. The molecule has 102 valence electrons. The van der Waals surface area contributed by atoms with Crippen molar-refractivity contribution in [2.75, 3.05) is 17.6 Å². The number of hydrogen-bond donors (Lipinski definition) is 1. The van der Waals surface area contributed by atoms with Crippen LogP contribution in [0.25, 0.3) is 0 Å². The highest BCUT2D eigenvalue weighted by Gasteiger charge is 1.96. The molecule has 0 bridgehead atoms. The van der Waals surface area contributed by atoms with E-state index in [-0.39, 0.29) is 0 Å². The minimum Gasteiger partial charge on any atom is -0.385 e. The Morgan fingerprint density at radius 2 is 2.00 bits per heavy atom. The van der Waals surface area contributed by atoms with E-state index in [4.69, 9.17) is 0 Å². The molecule has 0 radical (unpaired) electrons. The molecule has 0 fully saturated rings. The maximum Gasteiger partial charge on any atom is 0.0340 e. The summed E-state index contributed by atoms with van der Waals surface area (Å²) in [5.74, 6) is 2.38. The van der Waals surface area contributed by atoms with E-state index in [9.17, 15) is 0 Å². The molecule has 0 saturated carbocycles. The summed E-state index contributed by atoms with van der Waals surface area (Å²) >= 11 is 3.84. The molecule has 0 unspecified atom stereocenters. The van der Waals surface area contributed by atoms with Crippen molar-refractivity contribution in [3.63, 3.8) is 0 Å². The predicted molar refractivity (Wildman–Crippen MR) is 89.4 cm³/mol. The van der Waals surface area contributed by atoms with Gasteiger partial charge in [0.15, 0.2) is 0 Å². The van der Waals surface area contributed by atoms with Crippen LogP contribution >= 0.6 is 23.1 Å². The summed E-state index contributed by atoms with van der Waals surface area (Å²) in [5, 5.41) is 5.61. The Morgan fingerprint density at radius 3 is 2.68 bits per heavy atom. The maximum absolute atomic E-state index is 3.48. The smallest absolute Gasteiger partial charge is 0.0340 e. The fourth-order valence-corrected chi connectivity index (χ4v) is 3.41. The highest BCUT2D eigenvalue weighted by atomic mass is 32.2. The first kappa shape index (κ1) is 14.5. The zero-order chi connectivity index (χ0) is 13.3. The normalized spacial score (nSPS) is 10.6. The van der Waals surface area contributed by atoms with Crippen molar-refractivity contribution in [2.24, 2.45) is 0 Å². The van der Waals surface area contributed by atoms with Crippen LogP contribution in [0.4, 0.5) is 5.69 Å². The van der Waals surface area contributed by atoms with Gasteiger partial charge in [-0.1, -0.05) is 25.1 Å². The number of anilines is 1. The predicted octanol–water partition coefficient (Wildman–Crippen LogP) is 5.05. The van der Waals surface area contributed by atoms with Crippen LogP contribution in [-0.2, 0) is 12.2 Å². The third-order valence-electron chi connectivity index (χ3n) is 2.85. The van der Waals surface area contributed by atoms with Crippen molar-refractivity contribution in [2.45, 2.75) is 25.5 Å². The second kappa shape index (κ2) is 8.28. The van der Waals surface area contributed by atoms with Crippen LogP contribution < -0.4 is 5.32 Å². The first-order chi connectivity index (χ1) is 9.38. The number of thiophene rings is 1. The van der Waals surface area contributed by atoms with Gasteiger partial charge in [0.2, 0.25) is 0 Å². The van der Waals surface area contributed by atoms with Gasteiger partial charge in [-0.05, 0) is 47.7 Å². The van der Waals surface area contributed by atoms with Gasteiger partial charge in [-0.2, -0.15) is 11.8 Å². The first-order valence-corrected chi connectivity index (χ1v) is 8.85. The molecule has 1 nitrogen and oxygen atoms in total. The van der Waals surface area contributed by atoms with Gasteiger partial charge in [-0.15, -0.1) is 11.3 Å². The number of benzene rings is 1. The number of thioether (sulfide) groups is 1. The van der Waals surface area contributed by atoms with E-state index in [1.165, 1.54) is 28.3 Å². The van der Waals surface area contributed by atoms with Crippen LogP contribution in [0.5, 0.6) is 0 Å². The molecule has 1 N–H and O–H groups in total. The quantitative estimate of drug-likeness (QED) is 0.683. The highest BCUT2D eigenvalue weighted by Crippen LogP contribution is 2.16. The van der Waals surface area contributed by atoms with Crippen molar-refractivity contribution < 1.29 is 0 Å². The summed E-state index contributed by atoms with van der Waals surface area (Å²) in [6, 6.07) is 13.2. The van der Waals surface area contributed by atoms with Crippen molar-refractivity contribution >= 4 is 28.8 Å². The second-order valence-electron chi connectivity index (χ2n) is 4.51. The molecule has 19 heavy (non-hydrogen) atoms. The van der Waals surface area contributed by atoms with E-state index in [1.54, 1.807) is 0 Å². The zero-order valence-corrected chi connectivity index (χ0v) is 13.0. The second-order valence-corrected chi connectivity index (χ2v) is 6.64. The van der Waals surface area contributed by atoms with Gasteiger partial charge >= 0.3 is 0 Å². The first-order valence-electron chi connectivity index (χ1n) is 6.81. The molecular formula is C16H21NS2. The third kappa shape index (κ3) is 5.29. The van der Waals surface area contributed by atoms with Gasteiger partial charge in [0.25, 0.3) is 0 Å². The molecule has 2 rings (SSSR count). The largest absolute Gasteiger partial charge is 0.385 e. The molecule has 0 spiro atoms. The standard InChI is InChI=1S/C16H21NS2/c1-2-11-18-13-14-5-7-15(8-6-14)17-10-9-16-4-3-12-19-16/h3-8,12,17H,2,9-11,13H2,1H3. The minimum absolute atomic E-state index is 1.00. The lowest BCUT2D eigenvalue weighted by atomic mass is 10.2. The lowest BCUT2D eigenvalue weighted by Crippen LogP contribution is -2.03. The van der Waals surface area contributed by atoms with Crippen LogP contribution in [0.1, 0.15) is 23.8 Å². The summed E-state index contributed by atoms with van der Waals surface area (Å²) in [4.78, 5) is 1.44. The molecule has 2 aromatic rings. The molecule has 0 atom stereocenters. The summed E-state index contributed by atoms with van der Waals surface area (Å²) in [7, 11) is 0. The van der Waals surface area contributed by atoms with E-state index in [2.05, 4.69) is 54.0 Å². The summed E-state index contributed by atoms with van der Waals surface area (Å²) in [6.45, 7) is 3.23. The molecule has 0 aliphatic carbocycles. The Hall–Kier alpha value is -0.930. The monoisotopic (exact) mass is 291 g/mol. The number of hydrogen-bond acceptors (Lipinski definition) is 3. The van der Waals surface area contributed by atoms with E-state index in [0.29, 0.717) is 0 Å². The zero-order valence-electron chi connectivity index (χ0n) is 11.4. The van der Waals surface area contributed by atoms with Crippen molar-refractivity contribution in [3.05, 3.63) is 52.2 Å². The van der Waals surface area contributed by atoms with E-state index < -0.39 is 0 Å². The lowest BCUT2D eigenvalue weighted by molar-refractivity contribution is 1.04. The van der Waals surface area contributed by atoms with E-state index in [1.807, 2.05) is 23.1 Å². The molecule has 1 aromatic carbocycles. The molecule has 0 aliphatic rings. The Labute approximate surface area is 124 Å². The molecule has 3 heteroatoms. The summed E-state index contributed by atoms with van der Waals surface area (Å²) in [6.07, 6.45) is 2.36. The van der Waals surface area contributed by atoms with Crippen molar-refractivity contribution in [3.8, 4) is 0 Å². The maximum atomic E-state index is 3.48. The van der Waals surface area contributed by atoms with Gasteiger partial charge < -0.3 is 5.32 Å². The molecule has 0 saturated heterocycles. The van der Waals surface area contributed by atoms with Gasteiger partial charge in [0.05, 0.1) is 0 Å². The van der Waals surface area contributed by atoms with Gasteiger partial charge in [-0.3, -0.25) is 0 Å². The van der Waals surface area contributed by atoms with Crippen LogP contribution in [0.3, 0.4) is 0 Å². The number of nitrogens with one attached hydrogen (secondary N) is 1. The van der Waals surface area contributed by atoms with Gasteiger partial charge in [0.1, 0.15) is 0 Å². The molecule has 1 heterocycles. The third-order valence-corrected chi connectivity index (χ3v) is 5.02. The summed E-state index contributed by atoms with van der Waals surface area (Å²) in [5.41, 5.74) is 2.64. The van der Waals surface area contributed by atoms with Crippen LogP contribution in [0.15, 0.2) is 41.8 Å². The van der Waals surface area contributed by atoms with Crippen LogP contribution in [-0.4, -0.2) is 12.3 Å². The molecule has 1 aromatic heterocycles. The number of rotatable bonds is 8. The fourth-order valence-electron chi connectivity index (χ4n) is 1.84. The lowest BCUT2D eigenvalue weighted by Gasteiger charge is -2.07. The van der Waals surface area contributed by atoms with E-state index in [0.717, 1.165) is 18.7 Å². The van der Waals surface area contributed by atoms with E-state index >= 15 is 0 Å². The Bertz CT molecular complexity index is 448. The van der Waals surface area contributed by atoms with Crippen LogP contribution in [0.2, 0.25) is 0 Å². The highest BCUT2D eigenvalue weighted by molar-refractivity contribution is 7.98. The Morgan fingerprint density at radius 1 is 1.16 bits per heavy atom. The van der Waals surface area contributed by atoms with Gasteiger partial charge in [0, 0.05) is 22.9 Å². The van der Waals surface area contributed by atoms with Crippen molar-refractivity contribution in [1.29, 1.82) is 0 Å². The Kier molecular flexibility index (Phi) is 6.31. The fraction of sp³-hybridized carbons (Fsp3) is 0.375. The van der Waals surface area contributed by atoms with Crippen molar-refractivity contribution in [1.82, 2.24) is 0 Å². The Balaban J connectivity index is 1.72. The minimum atomic E-state index is 1.00. The molecule has 0 amide bonds. The molecular weight excluding hydrogens is 270 g/mol. The average molecular weight is 291 g/mol. The average Bonchev–Trinajstić information content (AvgIpc) is 2.94. The van der Waals surface area contributed by atoms with Crippen LogP contribution in [0, 0.1) is 0 Å². The summed E-state index contributed by atoms with van der Waals surface area (Å²) < 4.78 is 0. The van der Waals surface area contributed by atoms with Gasteiger partial charge in [-0.25, -0.2) is 0 Å². The molecule has 0 aliphatic heterocycles.